The van der Waals surface area contributed by atoms with E-state index < -0.39 is 23.9 Å². The zero-order chi connectivity index (χ0) is 12.3. The SMILES string of the molecule is N.O.O=C(O)C(=O)O.O=C(O)C(=O)O.[O]=[Ti]. The second-order valence-electron chi connectivity index (χ2n) is 1.22. The summed E-state index contributed by atoms with van der Waals surface area (Å²) in [4.78, 5) is 36.4. The molecular formula is C4H9NO10Ti. The monoisotopic (exact) mass is 279 g/mol. The Balaban J connectivity index is -0.0000000393. The zero-order valence-corrected chi connectivity index (χ0v) is 9.10. The molecule has 0 unspecified atom stereocenters. The Morgan fingerprint density at radius 2 is 0.688 bits per heavy atom. The van der Waals surface area contributed by atoms with Gasteiger partial charge in [0, 0.05) is 0 Å². The first-order chi connectivity index (χ1) is 6.29. The van der Waals surface area contributed by atoms with E-state index in [4.69, 9.17) is 42.9 Å². The molecule has 16 heavy (non-hydrogen) atoms. The second kappa shape index (κ2) is 19.0. The van der Waals surface area contributed by atoms with Gasteiger partial charge in [-0.2, -0.15) is 0 Å². The molecule has 0 amide bonds. The molecule has 94 valence electrons. The minimum atomic E-state index is -1.82. The fourth-order valence-corrected chi connectivity index (χ4v) is 0. The predicted octanol–water partition coefficient (Wildman–Crippen LogP) is -2.47. The van der Waals surface area contributed by atoms with Gasteiger partial charge in [-0.05, 0) is 0 Å². The van der Waals surface area contributed by atoms with Crippen molar-refractivity contribution in [2.75, 3.05) is 0 Å². The molecule has 0 aromatic rings. The van der Waals surface area contributed by atoms with Crippen LogP contribution in [-0.4, -0.2) is 49.8 Å². The molecule has 9 N–H and O–H groups in total. The number of aliphatic carboxylic acids is 4. The van der Waals surface area contributed by atoms with E-state index in [9.17, 15) is 0 Å². The van der Waals surface area contributed by atoms with Crippen LogP contribution in [0.25, 0.3) is 0 Å². The number of rotatable bonds is 0. The summed E-state index contributed by atoms with van der Waals surface area (Å²) in [7, 11) is 0. The number of hydrogen-bond acceptors (Lipinski definition) is 6. The first kappa shape index (κ1) is 29.2. The number of carbonyl (C=O) groups is 4. The topological polar surface area (TPSA) is 233 Å². The van der Waals surface area contributed by atoms with Crippen LogP contribution in [0.1, 0.15) is 0 Å². The average molecular weight is 279 g/mol. The van der Waals surface area contributed by atoms with E-state index in [1.807, 2.05) is 0 Å². The Labute approximate surface area is 99.3 Å². The van der Waals surface area contributed by atoms with E-state index >= 15 is 0 Å². The third-order valence-electron chi connectivity index (χ3n) is 0.366. The molecule has 0 fully saturated rings. The van der Waals surface area contributed by atoms with Crippen molar-refractivity contribution in [3.05, 3.63) is 0 Å². The van der Waals surface area contributed by atoms with Crippen molar-refractivity contribution in [1.82, 2.24) is 6.15 Å². The van der Waals surface area contributed by atoms with Gasteiger partial charge in [-0.3, -0.25) is 0 Å². The Bertz CT molecular complexity index is 191. The summed E-state index contributed by atoms with van der Waals surface area (Å²) in [5.41, 5.74) is 0. The maximum absolute atomic E-state index is 9.10. The summed E-state index contributed by atoms with van der Waals surface area (Å²) in [6.07, 6.45) is 0. The van der Waals surface area contributed by atoms with E-state index in [1.165, 1.54) is 0 Å². The summed E-state index contributed by atoms with van der Waals surface area (Å²) < 4.78 is 8.25. The van der Waals surface area contributed by atoms with Gasteiger partial charge < -0.3 is 32.1 Å². The van der Waals surface area contributed by atoms with Crippen LogP contribution in [0.2, 0.25) is 0 Å². The molecule has 0 aliphatic carbocycles. The summed E-state index contributed by atoms with van der Waals surface area (Å²) in [5, 5.41) is 29.6. The van der Waals surface area contributed by atoms with Gasteiger partial charge in [-0.1, -0.05) is 0 Å². The fourth-order valence-electron chi connectivity index (χ4n) is 0. The zero-order valence-electron chi connectivity index (χ0n) is 7.54. The summed E-state index contributed by atoms with van der Waals surface area (Å²) >= 11 is 0.750. The van der Waals surface area contributed by atoms with Crippen LogP contribution < -0.4 is 6.15 Å². The molecule has 0 spiro atoms. The van der Waals surface area contributed by atoms with Gasteiger partial charge in [-0.15, -0.1) is 0 Å². The number of hydrogen-bond donors (Lipinski definition) is 5. The molecule has 0 saturated heterocycles. The maximum atomic E-state index is 9.10. The minimum absolute atomic E-state index is 0. The average Bonchev–Trinajstić information content (AvgIpc) is 2.08. The van der Waals surface area contributed by atoms with Gasteiger partial charge >= 0.3 is 47.6 Å². The van der Waals surface area contributed by atoms with Crippen LogP contribution in [-0.2, 0) is 42.9 Å². The Kier molecular flexibility index (Phi) is 34.7. The molecule has 0 heterocycles. The molecule has 0 aromatic carbocycles. The molecule has 11 nitrogen and oxygen atoms in total. The quantitative estimate of drug-likeness (QED) is 0.231. The van der Waals surface area contributed by atoms with Crippen LogP contribution >= 0.6 is 0 Å². The molecule has 0 saturated carbocycles. The third kappa shape index (κ3) is 39.5. The van der Waals surface area contributed by atoms with E-state index in [2.05, 4.69) is 0 Å². The van der Waals surface area contributed by atoms with Crippen molar-refractivity contribution < 1.29 is 68.8 Å². The molecule has 0 radical (unpaired) electrons. The predicted molar refractivity (Wildman–Crippen MR) is 39.9 cm³/mol. The van der Waals surface area contributed by atoms with Crippen LogP contribution in [0.5, 0.6) is 0 Å². The van der Waals surface area contributed by atoms with E-state index in [0.717, 1.165) is 20.4 Å². The Morgan fingerprint density at radius 3 is 0.688 bits per heavy atom. The molecule has 0 aliphatic heterocycles. The third-order valence-corrected chi connectivity index (χ3v) is 0.366. The van der Waals surface area contributed by atoms with Crippen LogP contribution in [0.4, 0.5) is 0 Å². The van der Waals surface area contributed by atoms with Gasteiger partial charge in [-0.25, -0.2) is 19.2 Å². The summed E-state index contributed by atoms with van der Waals surface area (Å²) in [6, 6.07) is 0. The standard InChI is InChI=1S/2C2H2O4.H3N.H2O.O.Ti/c2*3-1(4)2(5)6;;;;/h2*(H,3,4)(H,5,6);1H3;1H2;;. The van der Waals surface area contributed by atoms with E-state index in [-0.39, 0.29) is 11.6 Å². The molecule has 0 aliphatic rings. The fraction of sp³-hybridized carbons (Fsp3) is 0. The second-order valence-corrected chi connectivity index (χ2v) is 1.22. The van der Waals surface area contributed by atoms with Crippen molar-refractivity contribution >= 4 is 23.9 Å². The van der Waals surface area contributed by atoms with Gasteiger partial charge in [0.2, 0.25) is 0 Å². The van der Waals surface area contributed by atoms with E-state index in [1.54, 1.807) is 0 Å². The summed E-state index contributed by atoms with van der Waals surface area (Å²) in [6.45, 7) is 0. The summed E-state index contributed by atoms with van der Waals surface area (Å²) in [5.74, 6) is -7.30. The van der Waals surface area contributed by atoms with Crippen molar-refractivity contribution in [3.63, 3.8) is 0 Å². The molecule has 0 bridgehead atoms. The first-order valence-corrected chi connectivity index (χ1v) is 3.05. The molecule has 12 heteroatoms. The molecule has 0 rings (SSSR count). The van der Waals surface area contributed by atoms with Crippen molar-refractivity contribution in [1.29, 1.82) is 0 Å². The van der Waals surface area contributed by atoms with Gasteiger partial charge in [0.15, 0.2) is 0 Å². The van der Waals surface area contributed by atoms with E-state index in [0.29, 0.717) is 0 Å². The van der Waals surface area contributed by atoms with Gasteiger partial charge in [0.05, 0.1) is 0 Å². The first-order valence-electron chi connectivity index (χ1n) is 2.42. The van der Waals surface area contributed by atoms with Crippen LogP contribution in [0.15, 0.2) is 0 Å². The van der Waals surface area contributed by atoms with Gasteiger partial charge in [0.1, 0.15) is 0 Å². The van der Waals surface area contributed by atoms with Crippen LogP contribution in [0, 0.1) is 0 Å². The molecule has 0 atom stereocenters. The van der Waals surface area contributed by atoms with Crippen molar-refractivity contribution in [3.8, 4) is 0 Å². The Hall–Kier alpha value is -1.69. The Morgan fingerprint density at radius 1 is 0.625 bits per heavy atom. The van der Waals surface area contributed by atoms with Crippen LogP contribution in [0.3, 0.4) is 0 Å². The number of carboxylic acid groups (broad SMARTS) is 4. The van der Waals surface area contributed by atoms with Crippen molar-refractivity contribution in [2.45, 2.75) is 0 Å². The normalized spacial score (nSPS) is 5.69. The number of carboxylic acids is 4. The molecular weight excluding hydrogens is 270 g/mol. The van der Waals surface area contributed by atoms with Crippen molar-refractivity contribution in [2.24, 2.45) is 0 Å². The van der Waals surface area contributed by atoms with Gasteiger partial charge in [0.25, 0.3) is 0 Å². The molecule has 0 aromatic heterocycles.